The van der Waals surface area contributed by atoms with Crippen LogP contribution in [0, 0.1) is 5.82 Å². The maximum absolute atomic E-state index is 14.0. The summed E-state index contributed by atoms with van der Waals surface area (Å²) >= 11 is 0. The number of aliphatic hydroxyl groups is 1. The van der Waals surface area contributed by atoms with Crippen LogP contribution in [0.4, 0.5) is 10.2 Å². The molecule has 14 heteroatoms. The normalized spacial score (nSPS) is 18.5. The molecule has 0 aliphatic carbocycles. The molecule has 5 atom stereocenters. The summed E-state index contributed by atoms with van der Waals surface area (Å²) in [6.45, 7) is 8.72. The van der Waals surface area contributed by atoms with Gasteiger partial charge in [0.1, 0.15) is 18.3 Å². The van der Waals surface area contributed by atoms with Crippen molar-refractivity contribution in [2.45, 2.75) is 218 Å². The number of phosphoric ester groups is 1. The van der Waals surface area contributed by atoms with Crippen LogP contribution >= 0.6 is 7.82 Å². The molecule has 0 bridgehead atoms. The number of nitrogens with two attached hydrogens (primary N) is 1. The Balaban J connectivity index is 1.70. The fourth-order valence-corrected chi connectivity index (χ4v) is 8.16. The lowest BCUT2D eigenvalue weighted by molar-refractivity contribution is -0.0567. The third-order valence-electron chi connectivity index (χ3n) is 11.2. The lowest BCUT2D eigenvalue weighted by atomic mass is 10.0. The van der Waals surface area contributed by atoms with Gasteiger partial charge in [0, 0.05) is 18.8 Å². The van der Waals surface area contributed by atoms with Crippen LogP contribution in [0.1, 0.15) is 200 Å². The van der Waals surface area contributed by atoms with E-state index in [1.807, 2.05) is 0 Å². The minimum Gasteiger partial charge on any atom is -0.386 e. The average molecular weight is 860 g/mol. The molecule has 1 unspecified atom stereocenters. The van der Waals surface area contributed by atoms with Gasteiger partial charge >= 0.3 is 13.5 Å². The third kappa shape index (κ3) is 25.1. The standard InChI is InChI=1S/C45H83FN3O9P/c1-4-6-8-10-12-14-16-18-20-22-24-26-28-30-32-54-35-39(55-33-31-29-27-25-23-21-19-17-15-13-11-9-7-5-2)36-56-59(52,53)57-37-41-42(50)38(3)44(58-41)49-34-40(46)43(47)48-45(49)51/h34,39,41-42,44,50H,3-33,35-37H2,1-2H3,(H,52,53)(H2,47,48,51)/t39-,41-,42+,44-/m1/s1. The molecular formula is C45H83FN3O9P. The Labute approximate surface area is 356 Å². The number of phosphoric acid groups is 1. The maximum Gasteiger partial charge on any atom is 0.472 e. The highest BCUT2D eigenvalue weighted by molar-refractivity contribution is 7.47. The topological polar surface area (TPSA) is 165 Å². The summed E-state index contributed by atoms with van der Waals surface area (Å²) in [6, 6.07) is 0. The van der Waals surface area contributed by atoms with E-state index in [4.69, 9.17) is 29.0 Å². The molecule has 1 aromatic heterocycles. The summed E-state index contributed by atoms with van der Waals surface area (Å²) in [5.74, 6) is -1.52. The number of rotatable bonds is 40. The molecule has 0 saturated carbocycles. The van der Waals surface area contributed by atoms with Gasteiger partial charge in [-0.2, -0.15) is 4.98 Å². The van der Waals surface area contributed by atoms with Gasteiger partial charge in [0.25, 0.3) is 0 Å². The van der Waals surface area contributed by atoms with Crippen molar-refractivity contribution in [1.29, 1.82) is 0 Å². The van der Waals surface area contributed by atoms with E-state index in [-0.39, 0.29) is 18.8 Å². The third-order valence-corrected chi connectivity index (χ3v) is 12.1. The van der Waals surface area contributed by atoms with Gasteiger partial charge in [-0.25, -0.2) is 13.8 Å². The Morgan fingerprint density at radius 3 is 1.68 bits per heavy atom. The molecule has 344 valence electrons. The van der Waals surface area contributed by atoms with Crippen molar-refractivity contribution in [2.24, 2.45) is 0 Å². The van der Waals surface area contributed by atoms with Crippen molar-refractivity contribution in [1.82, 2.24) is 9.55 Å². The van der Waals surface area contributed by atoms with Gasteiger partial charge in [-0.3, -0.25) is 13.6 Å². The van der Waals surface area contributed by atoms with E-state index < -0.39 is 56.3 Å². The lowest BCUT2D eigenvalue weighted by Crippen LogP contribution is -2.29. The average Bonchev–Trinajstić information content (AvgIpc) is 3.50. The molecule has 1 aromatic rings. The number of ether oxygens (including phenoxy) is 3. The fraction of sp³-hybridized carbons (Fsp3) is 0.867. The highest BCUT2D eigenvalue weighted by atomic mass is 31.2. The Morgan fingerprint density at radius 2 is 1.20 bits per heavy atom. The molecule has 2 heterocycles. The van der Waals surface area contributed by atoms with E-state index in [0.29, 0.717) is 13.2 Å². The molecular weight excluding hydrogens is 776 g/mol. The van der Waals surface area contributed by atoms with E-state index in [2.05, 4.69) is 25.4 Å². The number of anilines is 1. The largest absolute Gasteiger partial charge is 0.472 e. The van der Waals surface area contributed by atoms with Crippen molar-refractivity contribution in [2.75, 3.05) is 38.8 Å². The minimum atomic E-state index is -4.63. The Bertz CT molecular complexity index is 1320. The molecule has 12 nitrogen and oxygen atoms in total. The Hall–Kier alpha value is -1.70. The summed E-state index contributed by atoms with van der Waals surface area (Å²) in [5, 5.41) is 10.6. The zero-order chi connectivity index (χ0) is 43.0. The fourth-order valence-electron chi connectivity index (χ4n) is 7.40. The summed E-state index contributed by atoms with van der Waals surface area (Å²) in [6.07, 6.45) is 32.0. The van der Waals surface area contributed by atoms with Crippen molar-refractivity contribution in [3.63, 3.8) is 0 Å². The van der Waals surface area contributed by atoms with Gasteiger partial charge in [0.2, 0.25) is 0 Å². The molecule has 1 aliphatic rings. The van der Waals surface area contributed by atoms with Gasteiger partial charge in [-0.1, -0.05) is 187 Å². The predicted molar refractivity (Wildman–Crippen MR) is 235 cm³/mol. The van der Waals surface area contributed by atoms with E-state index in [1.165, 1.54) is 148 Å². The van der Waals surface area contributed by atoms with E-state index in [0.717, 1.165) is 42.9 Å². The van der Waals surface area contributed by atoms with Gasteiger partial charge in [-0.15, -0.1) is 0 Å². The number of hydrogen-bond donors (Lipinski definition) is 3. The quantitative estimate of drug-likeness (QED) is 0.0327. The molecule has 59 heavy (non-hydrogen) atoms. The molecule has 0 amide bonds. The predicted octanol–water partition coefficient (Wildman–Crippen LogP) is 11.3. The number of hydrogen-bond acceptors (Lipinski definition) is 10. The van der Waals surface area contributed by atoms with Crippen LogP contribution in [0.5, 0.6) is 0 Å². The molecule has 1 fully saturated rings. The number of aromatic nitrogens is 2. The zero-order valence-corrected chi connectivity index (χ0v) is 37.9. The molecule has 0 aromatic carbocycles. The van der Waals surface area contributed by atoms with Crippen LogP contribution in [-0.2, 0) is 27.8 Å². The van der Waals surface area contributed by atoms with Crippen LogP contribution in [0.25, 0.3) is 0 Å². The number of halogens is 1. The van der Waals surface area contributed by atoms with E-state index in [1.54, 1.807) is 0 Å². The molecule has 1 aliphatic heterocycles. The first-order valence-corrected chi connectivity index (χ1v) is 25.0. The highest BCUT2D eigenvalue weighted by Gasteiger charge is 2.41. The zero-order valence-electron chi connectivity index (χ0n) is 37.0. The van der Waals surface area contributed by atoms with Gasteiger partial charge in [-0.05, 0) is 12.8 Å². The smallest absolute Gasteiger partial charge is 0.386 e. The Kier molecular flexibility index (Phi) is 30.7. The molecule has 4 N–H and O–H groups in total. The van der Waals surface area contributed by atoms with Crippen LogP contribution in [0.15, 0.2) is 23.1 Å². The molecule has 1 saturated heterocycles. The minimum absolute atomic E-state index is 0.0216. The van der Waals surface area contributed by atoms with Crippen LogP contribution in [0.2, 0.25) is 0 Å². The first-order valence-electron chi connectivity index (χ1n) is 23.5. The SMILES string of the molecule is C=C1[C@H](n2cc(F)c(N)nc2=O)O[C@H](COP(=O)(O)OC[C@@H](COCCCCCCCCCCCCCCCC)OCCCCCCCCCCCCCCCC)[C@H]1O. The number of nitrogen functional groups attached to an aromatic ring is 1. The molecule has 0 spiro atoms. The second kappa shape index (κ2) is 33.9. The second-order valence-electron chi connectivity index (χ2n) is 16.5. The van der Waals surface area contributed by atoms with Crippen molar-refractivity contribution in [3.05, 3.63) is 34.7 Å². The maximum atomic E-state index is 14.0. The first-order chi connectivity index (χ1) is 28.6. The van der Waals surface area contributed by atoms with Crippen LogP contribution in [-0.4, -0.2) is 70.9 Å². The van der Waals surface area contributed by atoms with E-state index >= 15 is 0 Å². The number of unbranched alkanes of at least 4 members (excludes halogenated alkanes) is 26. The lowest BCUT2D eigenvalue weighted by Gasteiger charge is -2.21. The highest BCUT2D eigenvalue weighted by Crippen LogP contribution is 2.45. The van der Waals surface area contributed by atoms with E-state index in [9.17, 15) is 23.7 Å². The Morgan fingerprint density at radius 1 is 0.763 bits per heavy atom. The van der Waals surface area contributed by atoms with Crippen molar-refractivity contribution < 1.29 is 42.2 Å². The van der Waals surface area contributed by atoms with Gasteiger partial charge < -0.3 is 29.9 Å². The van der Waals surface area contributed by atoms with Crippen LogP contribution < -0.4 is 11.4 Å². The molecule has 0 radical (unpaired) electrons. The van der Waals surface area contributed by atoms with Crippen molar-refractivity contribution >= 4 is 13.6 Å². The summed E-state index contributed by atoms with van der Waals surface area (Å²) in [5.41, 5.74) is 4.48. The number of nitrogens with zero attached hydrogens (tertiary/aromatic N) is 2. The van der Waals surface area contributed by atoms with Gasteiger partial charge in [0.05, 0.1) is 26.0 Å². The summed E-state index contributed by atoms with van der Waals surface area (Å²) in [4.78, 5) is 26.2. The van der Waals surface area contributed by atoms with Crippen molar-refractivity contribution in [3.8, 4) is 0 Å². The summed E-state index contributed by atoms with van der Waals surface area (Å²) < 4.78 is 55.9. The second-order valence-corrected chi connectivity index (χ2v) is 18.0. The molecule has 2 rings (SSSR count). The summed E-state index contributed by atoms with van der Waals surface area (Å²) in [7, 11) is -4.63. The van der Waals surface area contributed by atoms with Crippen LogP contribution in [0.3, 0.4) is 0 Å². The number of aliphatic hydroxyl groups excluding tert-OH is 1. The monoisotopic (exact) mass is 860 g/mol. The first kappa shape index (κ1) is 53.4. The van der Waals surface area contributed by atoms with Gasteiger partial charge in [0.15, 0.2) is 17.9 Å².